The van der Waals surface area contributed by atoms with Gasteiger partial charge in [0, 0.05) is 53.5 Å². The molecule has 4 aromatic rings. The number of methoxy groups -OCH3 is 1. The summed E-state index contributed by atoms with van der Waals surface area (Å²) in [6.07, 6.45) is 5.60. The van der Waals surface area contributed by atoms with Crippen molar-refractivity contribution in [2.45, 2.75) is 0 Å². The smallest absolute Gasteiger partial charge is 0.249 e. The first-order valence-electron chi connectivity index (χ1n) is 7.14. The molecule has 1 N–H and O–H groups in total. The number of nitrogens with one attached hydrogen (secondary N) is 1. The maximum absolute atomic E-state index is 11.4. The van der Waals surface area contributed by atoms with Crippen LogP contribution in [0.2, 0.25) is 0 Å². The van der Waals surface area contributed by atoms with Gasteiger partial charge in [0.05, 0.1) is 18.8 Å². The van der Waals surface area contributed by atoms with Crippen LogP contribution in [0.4, 0.5) is 0 Å². The second kappa shape index (κ2) is 4.95. The SMILES string of the molecule is COc1cc2c(-c3cnc4[nH]c(=O)ccc4c3)cn(C)c2cn1. The number of rotatable bonds is 2. The number of H-pyrrole nitrogens is 1. The number of fused-ring (bicyclic) bond motifs is 2. The Labute approximate surface area is 131 Å². The third-order valence-corrected chi connectivity index (χ3v) is 3.94. The maximum Gasteiger partial charge on any atom is 0.249 e. The predicted octanol–water partition coefficient (Wildman–Crippen LogP) is 2.49. The molecule has 0 amide bonds. The second-order valence-corrected chi connectivity index (χ2v) is 5.38. The van der Waals surface area contributed by atoms with E-state index in [0.29, 0.717) is 11.5 Å². The van der Waals surface area contributed by atoms with E-state index in [1.165, 1.54) is 6.07 Å². The number of pyridine rings is 3. The van der Waals surface area contributed by atoms with E-state index in [1.54, 1.807) is 25.6 Å². The lowest BCUT2D eigenvalue weighted by molar-refractivity contribution is 0.398. The molecule has 0 saturated heterocycles. The predicted molar refractivity (Wildman–Crippen MR) is 88.6 cm³/mol. The molecular formula is C17H14N4O2. The van der Waals surface area contributed by atoms with Crippen LogP contribution >= 0.6 is 0 Å². The van der Waals surface area contributed by atoms with Crippen molar-refractivity contribution in [2.24, 2.45) is 7.05 Å². The summed E-state index contributed by atoms with van der Waals surface area (Å²) in [5.41, 5.74) is 3.47. The van der Waals surface area contributed by atoms with Crippen LogP contribution < -0.4 is 10.3 Å². The van der Waals surface area contributed by atoms with Gasteiger partial charge in [-0.3, -0.25) is 4.79 Å². The van der Waals surface area contributed by atoms with Gasteiger partial charge >= 0.3 is 0 Å². The van der Waals surface area contributed by atoms with E-state index in [0.717, 1.165) is 27.4 Å². The zero-order valence-corrected chi connectivity index (χ0v) is 12.7. The lowest BCUT2D eigenvalue weighted by Gasteiger charge is -2.03. The van der Waals surface area contributed by atoms with E-state index < -0.39 is 0 Å². The Morgan fingerprint density at radius 2 is 2.04 bits per heavy atom. The largest absolute Gasteiger partial charge is 0.481 e. The molecule has 0 aliphatic heterocycles. The van der Waals surface area contributed by atoms with Crippen molar-refractivity contribution in [3.8, 4) is 17.0 Å². The molecule has 4 aromatic heterocycles. The van der Waals surface area contributed by atoms with E-state index in [9.17, 15) is 4.79 Å². The first kappa shape index (κ1) is 13.5. The van der Waals surface area contributed by atoms with E-state index in [-0.39, 0.29) is 5.56 Å². The summed E-state index contributed by atoms with van der Waals surface area (Å²) in [5.74, 6) is 0.572. The number of aryl methyl sites for hydroxylation is 1. The minimum atomic E-state index is -0.154. The summed E-state index contributed by atoms with van der Waals surface area (Å²) >= 11 is 0. The molecule has 0 aromatic carbocycles. The molecule has 0 aliphatic carbocycles. The van der Waals surface area contributed by atoms with E-state index in [4.69, 9.17) is 4.74 Å². The summed E-state index contributed by atoms with van der Waals surface area (Å²) in [7, 11) is 3.58. The van der Waals surface area contributed by atoms with Crippen molar-refractivity contribution in [2.75, 3.05) is 7.11 Å². The molecule has 4 heterocycles. The zero-order chi connectivity index (χ0) is 16.0. The van der Waals surface area contributed by atoms with Gasteiger partial charge in [-0.25, -0.2) is 9.97 Å². The summed E-state index contributed by atoms with van der Waals surface area (Å²) in [6.45, 7) is 0. The maximum atomic E-state index is 11.4. The van der Waals surface area contributed by atoms with Gasteiger partial charge in [-0.05, 0) is 12.1 Å². The van der Waals surface area contributed by atoms with Gasteiger partial charge in [-0.15, -0.1) is 0 Å². The average molecular weight is 306 g/mol. The van der Waals surface area contributed by atoms with Crippen molar-refractivity contribution in [3.05, 3.63) is 53.2 Å². The van der Waals surface area contributed by atoms with E-state index in [2.05, 4.69) is 15.0 Å². The molecule has 6 heteroatoms. The Kier molecular flexibility index (Phi) is 2.90. The van der Waals surface area contributed by atoms with Gasteiger partial charge in [-0.1, -0.05) is 0 Å². The highest BCUT2D eigenvalue weighted by molar-refractivity contribution is 5.97. The fourth-order valence-electron chi connectivity index (χ4n) is 2.78. The number of aromatic amines is 1. The molecule has 23 heavy (non-hydrogen) atoms. The minimum Gasteiger partial charge on any atom is -0.481 e. The standard InChI is InChI=1S/C17H14N4O2/c1-21-9-13(12-6-16(23-2)18-8-14(12)21)11-5-10-3-4-15(22)20-17(10)19-7-11/h3-9H,1-2H3,(H,19,20,22). The van der Waals surface area contributed by atoms with Crippen LogP contribution in [0.5, 0.6) is 5.88 Å². The van der Waals surface area contributed by atoms with Crippen molar-refractivity contribution in [3.63, 3.8) is 0 Å². The molecule has 114 valence electrons. The number of aromatic nitrogens is 4. The molecule has 4 rings (SSSR count). The lowest BCUT2D eigenvalue weighted by atomic mass is 10.1. The fraction of sp³-hybridized carbons (Fsp3) is 0.118. The molecule has 0 spiro atoms. The summed E-state index contributed by atoms with van der Waals surface area (Å²) in [4.78, 5) is 22.7. The summed E-state index contributed by atoms with van der Waals surface area (Å²) in [5, 5.41) is 1.94. The van der Waals surface area contributed by atoms with Crippen LogP contribution in [-0.4, -0.2) is 26.6 Å². The van der Waals surface area contributed by atoms with Crippen LogP contribution in [0.25, 0.3) is 33.1 Å². The number of hydrogen-bond donors (Lipinski definition) is 1. The Morgan fingerprint density at radius 3 is 2.87 bits per heavy atom. The third kappa shape index (κ3) is 2.15. The topological polar surface area (TPSA) is 72.8 Å². The Balaban J connectivity index is 1.98. The van der Waals surface area contributed by atoms with Crippen LogP contribution in [0, 0.1) is 0 Å². The lowest BCUT2D eigenvalue weighted by Crippen LogP contribution is -2.03. The Morgan fingerprint density at radius 1 is 1.17 bits per heavy atom. The normalized spacial score (nSPS) is 11.2. The molecule has 0 fully saturated rings. The van der Waals surface area contributed by atoms with Crippen LogP contribution in [0.1, 0.15) is 0 Å². The molecule has 0 aliphatic rings. The highest BCUT2D eigenvalue weighted by Gasteiger charge is 2.11. The summed E-state index contributed by atoms with van der Waals surface area (Å²) in [6, 6.07) is 7.21. The highest BCUT2D eigenvalue weighted by atomic mass is 16.5. The number of hydrogen-bond acceptors (Lipinski definition) is 4. The van der Waals surface area contributed by atoms with Gasteiger partial charge in [0.1, 0.15) is 5.65 Å². The quantitative estimate of drug-likeness (QED) is 0.617. The molecule has 0 atom stereocenters. The zero-order valence-electron chi connectivity index (χ0n) is 12.7. The van der Waals surface area contributed by atoms with E-state index in [1.807, 2.05) is 29.9 Å². The molecular weight excluding hydrogens is 292 g/mol. The van der Waals surface area contributed by atoms with Crippen molar-refractivity contribution in [1.29, 1.82) is 0 Å². The van der Waals surface area contributed by atoms with Crippen molar-refractivity contribution >= 4 is 21.9 Å². The second-order valence-electron chi connectivity index (χ2n) is 5.38. The van der Waals surface area contributed by atoms with Gasteiger partial charge in [0.25, 0.3) is 0 Å². The average Bonchev–Trinajstić information content (AvgIpc) is 2.90. The molecule has 0 bridgehead atoms. The number of ether oxygens (including phenoxy) is 1. The number of nitrogens with zero attached hydrogens (tertiary/aromatic N) is 3. The Hall–Kier alpha value is -3.15. The highest BCUT2D eigenvalue weighted by Crippen LogP contribution is 2.32. The van der Waals surface area contributed by atoms with Gasteiger partial charge in [-0.2, -0.15) is 0 Å². The van der Waals surface area contributed by atoms with Crippen LogP contribution in [-0.2, 0) is 7.05 Å². The molecule has 6 nitrogen and oxygen atoms in total. The minimum absolute atomic E-state index is 0.154. The van der Waals surface area contributed by atoms with Gasteiger partial charge < -0.3 is 14.3 Å². The van der Waals surface area contributed by atoms with Gasteiger partial charge in [0.2, 0.25) is 11.4 Å². The molecule has 0 saturated carbocycles. The third-order valence-electron chi connectivity index (χ3n) is 3.94. The van der Waals surface area contributed by atoms with E-state index >= 15 is 0 Å². The van der Waals surface area contributed by atoms with Crippen LogP contribution in [0.3, 0.4) is 0 Å². The monoisotopic (exact) mass is 306 g/mol. The molecule has 0 radical (unpaired) electrons. The molecule has 0 unspecified atom stereocenters. The first-order chi connectivity index (χ1) is 11.2. The van der Waals surface area contributed by atoms with Gasteiger partial charge in [0.15, 0.2) is 0 Å². The first-order valence-corrected chi connectivity index (χ1v) is 7.14. The summed E-state index contributed by atoms with van der Waals surface area (Å²) < 4.78 is 7.25. The van der Waals surface area contributed by atoms with Crippen LogP contribution in [0.15, 0.2) is 47.7 Å². The Bertz CT molecular complexity index is 1090. The van der Waals surface area contributed by atoms with Crippen molar-refractivity contribution < 1.29 is 4.74 Å². The fourth-order valence-corrected chi connectivity index (χ4v) is 2.78. The van der Waals surface area contributed by atoms with Crippen molar-refractivity contribution in [1.82, 2.24) is 19.5 Å².